The van der Waals surface area contributed by atoms with Gasteiger partial charge in [0.2, 0.25) is 0 Å². The number of Topliss-reactive ketones (excluding diaryl/α,β-unsaturated/α-hetero) is 1. The van der Waals surface area contributed by atoms with Gasteiger partial charge < -0.3 is 0 Å². The van der Waals surface area contributed by atoms with Crippen LogP contribution in [0.25, 0.3) is 0 Å². The first-order valence-corrected chi connectivity index (χ1v) is 8.22. The molecular weight excluding hydrogens is 343 g/mol. The van der Waals surface area contributed by atoms with Crippen LogP contribution in [0.1, 0.15) is 27.2 Å². The molecule has 2 unspecified atom stereocenters. The van der Waals surface area contributed by atoms with Gasteiger partial charge in [-0.25, -0.2) is 0 Å². The molecule has 2 atom stereocenters. The Balaban J connectivity index is 3.16. The lowest BCUT2D eigenvalue weighted by Crippen LogP contribution is -2.43. The van der Waals surface area contributed by atoms with E-state index in [1.807, 2.05) is 13.8 Å². The monoisotopic (exact) mass is 360 g/mol. The Hall–Kier alpha value is 0.310. The number of rotatable bonds is 3. The first-order chi connectivity index (χ1) is 7.04. The molecule has 94 valence electrons. The highest BCUT2D eigenvalue weighted by Gasteiger charge is 2.58. The van der Waals surface area contributed by atoms with Crippen molar-refractivity contribution in [2.75, 3.05) is 10.2 Å². The summed E-state index contributed by atoms with van der Waals surface area (Å²) in [4.78, 5) is 12.0. The van der Waals surface area contributed by atoms with Crippen molar-refractivity contribution in [2.24, 2.45) is 16.7 Å². The molecule has 1 aliphatic rings. The standard InChI is InChI=1S/C10H17IO4S/c1-9(2)7(5-11)4-8(12)10(9,3)6-16(13,14)15/h7H,4-6H2,1-3H3,(H,13,14,15). The predicted octanol–water partition coefficient (Wildman–Crippen LogP) is 1.93. The Morgan fingerprint density at radius 1 is 1.44 bits per heavy atom. The summed E-state index contributed by atoms with van der Waals surface area (Å²) in [6, 6.07) is 0. The van der Waals surface area contributed by atoms with Gasteiger partial charge in [-0.2, -0.15) is 8.42 Å². The topological polar surface area (TPSA) is 71.4 Å². The molecule has 0 radical (unpaired) electrons. The highest BCUT2D eigenvalue weighted by atomic mass is 127. The molecule has 0 aromatic heterocycles. The zero-order valence-electron chi connectivity index (χ0n) is 9.66. The van der Waals surface area contributed by atoms with Gasteiger partial charge in [-0.15, -0.1) is 0 Å². The quantitative estimate of drug-likeness (QED) is 0.474. The van der Waals surface area contributed by atoms with Crippen molar-refractivity contribution in [1.29, 1.82) is 0 Å². The molecule has 1 fully saturated rings. The first kappa shape index (κ1) is 14.4. The van der Waals surface area contributed by atoms with Crippen LogP contribution < -0.4 is 0 Å². The minimum absolute atomic E-state index is 0.0585. The van der Waals surface area contributed by atoms with Crippen molar-refractivity contribution in [3.05, 3.63) is 0 Å². The van der Waals surface area contributed by atoms with E-state index in [0.717, 1.165) is 4.43 Å². The van der Waals surface area contributed by atoms with Gasteiger partial charge in [-0.1, -0.05) is 43.4 Å². The minimum Gasteiger partial charge on any atom is -0.299 e. The predicted molar refractivity (Wildman–Crippen MR) is 70.3 cm³/mol. The van der Waals surface area contributed by atoms with Crippen LogP contribution in [0, 0.1) is 16.7 Å². The zero-order chi connectivity index (χ0) is 12.8. The maximum Gasteiger partial charge on any atom is 0.265 e. The van der Waals surface area contributed by atoms with Gasteiger partial charge in [-0.05, 0) is 11.3 Å². The summed E-state index contributed by atoms with van der Waals surface area (Å²) in [7, 11) is -4.12. The molecule has 4 nitrogen and oxygen atoms in total. The Kier molecular flexibility index (Phi) is 3.78. The molecule has 1 rings (SSSR count). The SMILES string of the molecule is CC1(CS(=O)(=O)O)C(=O)CC(CI)C1(C)C. The van der Waals surface area contributed by atoms with E-state index in [1.165, 1.54) is 0 Å². The molecule has 0 heterocycles. The molecule has 0 aromatic rings. The first-order valence-electron chi connectivity index (χ1n) is 5.09. The van der Waals surface area contributed by atoms with E-state index in [1.54, 1.807) is 6.92 Å². The molecule has 6 heteroatoms. The van der Waals surface area contributed by atoms with E-state index in [4.69, 9.17) is 4.55 Å². The van der Waals surface area contributed by atoms with Gasteiger partial charge in [-0.3, -0.25) is 9.35 Å². The lowest BCUT2D eigenvalue weighted by molar-refractivity contribution is -0.126. The molecule has 1 aliphatic carbocycles. The maximum atomic E-state index is 12.0. The highest BCUT2D eigenvalue weighted by molar-refractivity contribution is 14.1. The van der Waals surface area contributed by atoms with Gasteiger partial charge >= 0.3 is 0 Å². The summed E-state index contributed by atoms with van der Waals surface area (Å²) in [5, 5.41) is 0. The van der Waals surface area contributed by atoms with Crippen molar-refractivity contribution in [3.8, 4) is 0 Å². The Morgan fingerprint density at radius 3 is 2.25 bits per heavy atom. The molecule has 0 saturated heterocycles. The summed E-state index contributed by atoms with van der Waals surface area (Å²) in [6.07, 6.45) is 0.405. The van der Waals surface area contributed by atoms with Crippen LogP contribution in [0.15, 0.2) is 0 Å². The van der Waals surface area contributed by atoms with Crippen molar-refractivity contribution >= 4 is 38.5 Å². The average molecular weight is 360 g/mol. The minimum atomic E-state index is -4.12. The average Bonchev–Trinajstić information content (AvgIpc) is 2.23. The summed E-state index contributed by atoms with van der Waals surface area (Å²) in [5.41, 5.74) is -1.38. The fourth-order valence-corrected chi connectivity index (χ4v) is 5.07. The summed E-state index contributed by atoms with van der Waals surface area (Å²) < 4.78 is 31.8. The third-order valence-corrected chi connectivity index (χ3v) is 6.15. The van der Waals surface area contributed by atoms with Crippen LogP contribution in [0.4, 0.5) is 0 Å². The van der Waals surface area contributed by atoms with Crippen molar-refractivity contribution in [3.63, 3.8) is 0 Å². The molecule has 1 saturated carbocycles. The lowest BCUT2D eigenvalue weighted by atomic mass is 9.67. The Labute approximate surface area is 110 Å². The molecule has 1 N–H and O–H groups in total. The van der Waals surface area contributed by atoms with Gasteiger partial charge in [0.05, 0.1) is 5.75 Å². The van der Waals surface area contributed by atoms with Gasteiger partial charge in [0.1, 0.15) is 5.78 Å². The third kappa shape index (κ3) is 2.28. The Morgan fingerprint density at radius 2 is 1.94 bits per heavy atom. The number of alkyl halides is 1. The van der Waals surface area contributed by atoms with Crippen LogP contribution in [0.3, 0.4) is 0 Å². The van der Waals surface area contributed by atoms with E-state index in [-0.39, 0.29) is 11.7 Å². The van der Waals surface area contributed by atoms with Crippen LogP contribution in [0.5, 0.6) is 0 Å². The van der Waals surface area contributed by atoms with Crippen molar-refractivity contribution in [2.45, 2.75) is 27.2 Å². The highest BCUT2D eigenvalue weighted by Crippen LogP contribution is 2.54. The number of hydrogen-bond donors (Lipinski definition) is 1. The number of hydrogen-bond acceptors (Lipinski definition) is 3. The number of carbonyl (C=O) groups is 1. The second kappa shape index (κ2) is 4.20. The fraction of sp³-hybridized carbons (Fsp3) is 0.900. The Bertz CT molecular complexity index is 401. The van der Waals surface area contributed by atoms with Gasteiger partial charge in [0.25, 0.3) is 10.1 Å². The zero-order valence-corrected chi connectivity index (χ0v) is 12.6. The fourth-order valence-electron chi connectivity index (χ4n) is 2.39. The molecule has 16 heavy (non-hydrogen) atoms. The summed E-state index contributed by atoms with van der Waals surface area (Å²) >= 11 is 2.21. The summed E-state index contributed by atoms with van der Waals surface area (Å²) in [5.74, 6) is -0.358. The molecule has 0 spiro atoms. The molecule has 0 aromatic carbocycles. The van der Waals surface area contributed by atoms with Crippen LogP contribution in [-0.4, -0.2) is 28.9 Å². The maximum absolute atomic E-state index is 12.0. The number of ketones is 1. The van der Waals surface area contributed by atoms with Crippen molar-refractivity contribution in [1.82, 2.24) is 0 Å². The van der Waals surface area contributed by atoms with E-state index in [9.17, 15) is 13.2 Å². The van der Waals surface area contributed by atoms with Crippen LogP contribution in [0.2, 0.25) is 0 Å². The van der Waals surface area contributed by atoms with E-state index in [2.05, 4.69) is 22.6 Å². The smallest absolute Gasteiger partial charge is 0.265 e. The normalized spacial score (nSPS) is 34.3. The van der Waals surface area contributed by atoms with Gasteiger partial charge in [0.15, 0.2) is 0 Å². The largest absolute Gasteiger partial charge is 0.299 e. The van der Waals surface area contributed by atoms with Crippen LogP contribution in [-0.2, 0) is 14.9 Å². The lowest BCUT2D eigenvalue weighted by Gasteiger charge is -2.39. The van der Waals surface area contributed by atoms with Gasteiger partial charge in [0, 0.05) is 16.3 Å². The molecule has 0 bridgehead atoms. The number of carbonyl (C=O) groups excluding carboxylic acids is 1. The summed E-state index contributed by atoms with van der Waals surface area (Å²) in [6.45, 7) is 5.47. The second-order valence-electron chi connectivity index (χ2n) is 5.26. The van der Waals surface area contributed by atoms with E-state index >= 15 is 0 Å². The van der Waals surface area contributed by atoms with Crippen molar-refractivity contribution < 1.29 is 17.8 Å². The molecule has 0 aliphatic heterocycles. The second-order valence-corrected chi connectivity index (χ2v) is 7.59. The molecule has 0 amide bonds. The van der Waals surface area contributed by atoms with Crippen LogP contribution >= 0.6 is 22.6 Å². The van der Waals surface area contributed by atoms with E-state index in [0.29, 0.717) is 6.42 Å². The number of halogens is 1. The van der Waals surface area contributed by atoms with E-state index < -0.39 is 26.7 Å². The molecular formula is C10H17IO4S. The third-order valence-electron chi connectivity index (χ3n) is 4.15.